The number of ether oxygens (including phenoxy) is 2. The van der Waals surface area contributed by atoms with Gasteiger partial charge in [-0.25, -0.2) is 9.69 Å². The monoisotopic (exact) mass is 387 g/mol. The van der Waals surface area contributed by atoms with E-state index < -0.39 is 17.6 Å². The van der Waals surface area contributed by atoms with Crippen LogP contribution in [0.2, 0.25) is 0 Å². The molecule has 0 saturated carbocycles. The van der Waals surface area contributed by atoms with Crippen LogP contribution in [0.3, 0.4) is 0 Å². The third-order valence-corrected chi connectivity index (χ3v) is 4.28. The maximum absolute atomic E-state index is 12.5. The fourth-order valence-corrected chi connectivity index (χ4v) is 2.84. The van der Waals surface area contributed by atoms with Crippen LogP contribution in [0.5, 0.6) is 0 Å². The van der Waals surface area contributed by atoms with E-state index in [2.05, 4.69) is 0 Å². The molecule has 1 fully saturated rings. The fraction of sp³-hybridized carbons (Fsp3) is 0.500. The molecule has 6 nitrogen and oxygen atoms in total. The van der Waals surface area contributed by atoms with Gasteiger partial charge in [0, 0.05) is 6.08 Å². The normalized spacial score (nSPS) is 17.7. The third kappa shape index (κ3) is 5.94. The molecule has 1 aliphatic heterocycles. The second-order valence-electron chi connectivity index (χ2n) is 9.01. The van der Waals surface area contributed by atoms with Crippen LogP contribution in [-0.4, -0.2) is 41.1 Å². The summed E-state index contributed by atoms with van der Waals surface area (Å²) in [4.78, 5) is 37.5. The van der Waals surface area contributed by atoms with Gasteiger partial charge in [0.15, 0.2) is 0 Å². The van der Waals surface area contributed by atoms with Crippen molar-refractivity contribution in [2.75, 3.05) is 6.61 Å². The molecule has 1 aromatic carbocycles. The van der Waals surface area contributed by atoms with Gasteiger partial charge in [0.05, 0.1) is 12.5 Å². The van der Waals surface area contributed by atoms with Crippen LogP contribution in [0.4, 0.5) is 4.79 Å². The molecule has 1 aromatic rings. The Labute approximate surface area is 166 Å². The molecule has 0 bridgehead atoms. The molecule has 0 radical (unpaired) electrons. The number of carbonyl (C=O) groups is 3. The van der Waals surface area contributed by atoms with E-state index in [4.69, 9.17) is 9.47 Å². The lowest BCUT2D eigenvalue weighted by atomic mass is 9.86. The molecular weight excluding hydrogens is 358 g/mol. The molecule has 1 atom stereocenters. The first kappa shape index (κ1) is 21.7. The van der Waals surface area contributed by atoms with Crippen molar-refractivity contribution < 1.29 is 23.9 Å². The zero-order valence-electron chi connectivity index (χ0n) is 17.4. The Hall–Kier alpha value is -2.63. The number of cyclic esters (lactones) is 1. The first-order chi connectivity index (χ1) is 12.9. The smallest absolute Gasteiger partial charge is 0.417 e. The molecule has 0 spiro atoms. The quantitative estimate of drug-likeness (QED) is 0.577. The molecule has 6 heteroatoms. The van der Waals surface area contributed by atoms with Crippen molar-refractivity contribution in [2.24, 2.45) is 5.41 Å². The van der Waals surface area contributed by atoms with Crippen molar-refractivity contribution in [1.29, 1.82) is 0 Å². The van der Waals surface area contributed by atoms with Gasteiger partial charge in [0.2, 0.25) is 0 Å². The number of amides is 2. The summed E-state index contributed by atoms with van der Waals surface area (Å²) in [7, 11) is 0. The van der Waals surface area contributed by atoms with Crippen LogP contribution >= 0.6 is 0 Å². The van der Waals surface area contributed by atoms with Crippen LogP contribution in [0.15, 0.2) is 30.3 Å². The fourth-order valence-electron chi connectivity index (χ4n) is 2.84. The number of rotatable bonds is 4. The van der Waals surface area contributed by atoms with Crippen molar-refractivity contribution >= 4 is 24.0 Å². The highest BCUT2D eigenvalue weighted by atomic mass is 16.6. The minimum atomic E-state index is -0.609. The van der Waals surface area contributed by atoms with E-state index in [0.717, 1.165) is 11.1 Å². The summed E-state index contributed by atoms with van der Waals surface area (Å²) in [5, 5.41) is 0. The summed E-state index contributed by atoms with van der Waals surface area (Å²) in [6.45, 7) is 11.6. The Morgan fingerprint density at radius 2 is 1.75 bits per heavy atom. The van der Waals surface area contributed by atoms with Crippen molar-refractivity contribution in [1.82, 2.24) is 4.90 Å². The Morgan fingerprint density at radius 1 is 1.14 bits per heavy atom. The molecule has 152 valence electrons. The van der Waals surface area contributed by atoms with E-state index in [1.54, 1.807) is 6.08 Å². The topological polar surface area (TPSA) is 72.9 Å². The molecular formula is C22H29NO5. The molecule has 28 heavy (non-hydrogen) atoms. The van der Waals surface area contributed by atoms with Crippen LogP contribution in [-0.2, 0) is 25.5 Å². The molecule has 0 aromatic heterocycles. The van der Waals surface area contributed by atoms with Gasteiger partial charge in [0.1, 0.15) is 12.2 Å². The highest BCUT2D eigenvalue weighted by molar-refractivity contribution is 6.02. The molecule has 1 saturated heterocycles. The summed E-state index contributed by atoms with van der Waals surface area (Å²) < 4.78 is 10.4. The molecule has 0 aliphatic carbocycles. The van der Waals surface area contributed by atoms with E-state index >= 15 is 0 Å². The molecule has 1 aliphatic rings. The minimum Gasteiger partial charge on any atom is -0.460 e. The summed E-state index contributed by atoms with van der Waals surface area (Å²) in [5.74, 6) is -0.688. The third-order valence-electron chi connectivity index (χ3n) is 4.28. The van der Waals surface area contributed by atoms with Crippen LogP contribution in [0.1, 0.15) is 52.7 Å². The van der Waals surface area contributed by atoms with E-state index in [-0.39, 0.29) is 30.5 Å². The second-order valence-corrected chi connectivity index (χ2v) is 9.01. The van der Waals surface area contributed by atoms with E-state index in [1.165, 1.54) is 11.0 Å². The number of esters is 1. The minimum absolute atomic E-state index is 0.188. The predicted molar refractivity (Wildman–Crippen MR) is 106 cm³/mol. The van der Waals surface area contributed by atoms with Gasteiger partial charge >= 0.3 is 12.1 Å². The van der Waals surface area contributed by atoms with Gasteiger partial charge in [-0.05, 0) is 43.4 Å². The van der Waals surface area contributed by atoms with E-state index in [0.29, 0.717) is 0 Å². The Balaban J connectivity index is 2.01. The SMILES string of the molecule is CC(C)(C)OC(=O)Cc1ccc(/C=C/C(=O)N2C(=O)OC[C@@H]2C(C)(C)C)cc1. The Morgan fingerprint density at radius 3 is 2.29 bits per heavy atom. The van der Waals surface area contributed by atoms with Crippen molar-refractivity contribution in [2.45, 2.75) is 59.6 Å². The van der Waals surface area contributed by atoms with E-state index in [9.17, 15) is 14.4 Å². The lowest BCUT2D eigenvalue weighted by Gasteiger charge is -2.30. The van der Waals surface area contributed by atoms with Crippen LogP contribution in [0.25, 0.3) is 6.08 Å². The van der Waals surface area contributed by atoms with Gasteiger partial charge in [-0.15, -0.1) is 0 Å². The van der Waals surface area contributed by atoms with Crippen LogP contribution in [0, 0.1) is 5.41 Å². The number of imide groups is 1. The highest BCUT2D eigenvalue weighted by Gasteiger charge is 2.43. The Bertz CT molecular complexity index is 766. The molecule has 2 rings (SSSR count). The van der Waals surface area contributed by atoms with Crippen LogP contribution < -0.4 is 0 Å². The van der Waals surface area contributed by atoms with Gasteiger partial charge < -0.3 is 9.47 Å². The number of hydrogen-bond acceptors (Lipinski definition) is 5. The van der Waals surface area contributed by atoms with Crippen molar-refractivity contribution in [3.05, 3.63) is 41.5 Å². The molecule has 0 unspecified atom stereocenters. The summed E-state index contributed by atoms with van der Waals surface area (Å²) in [5.41, 5.74) is 0.843. The van der Waals surface area contributed by atoms with Crippen molar-refractivity contribution in [3.8, 4) is 0 Å². The standard InChI is InChI=1S/C22H29NO5/c1-21(2,3)17-14-27-20(26)23(17)18(24)12-11-15-7-9-16(10-8-15)13-19(25)28-22(4,5)6/h7-12,17H,13-14H2,1-6H3/b12-11+/t17-/m1/s1. The van der Waals surface area contributed by atoms with Gasteiger partial charge in [-0.3, -0.25) is 9.59 Å². The first-order valence-electron chi connectivity index (χ1n) is 9.35. The largest absolute Gasteiger partial charge is 0.460 e. The highest BCUT2D eigenvalue weighted by Crippen LogP contribution is 2.29. The average Bonchev–Trinajstić information content (AvgIpc) is 2.94. The lowest BCUT2D eigenvalue weighted by Crippen LogP contribution is -2.45. The summed E-state index contributed by atoms with van der Waals surface area (Å²) >= 11 is 0. The summed E-state index contributed by atoms with van der Waals surface area (Å²) in [6.07, 6.45) is 2.59. The van der Waals surface area contributed by atoms with E-state index in [1.807, 2.05) is 65.8 Å². The number of hydrogen-bond donors (Lipinski definition) is 0. The maximum atomic E-state index is 12.5. The number of benzene rings is 1. The zero-order valence-corrected chi connectivity index (χ0v) is 17.4. The molecule has 0 N–H and O–H groups in total. The maximum Gasteiger partial charge on any atom is 0.417 e. The zero-order chi connectivity index (χ0) is 21.1. The number of nitrogens with zero attached hydrogens (tertiary/aromatic N) is 1. The summed E-state index contributed by atoms with van der Waals surface area (Å²) in [6, 6.07) is 6.96. The van der Waals surface area contributed by atoms with Crippen molar-refractivity contribution in [3.63, 3.8) is 0 Å². The molecule has 2 amide bonds. The van der Waals surface area contributed by atoms with Gasteiger partial charge in [0.25, 0.3) is 5.91 Å². The predicted octanol–water partition coefficient (Wildman–Crippen LogP) is 3.98. The first-order valence-corrected chi connectivity index (χ1v) is 9.35. The Kier molecular flexibility index (Phi) is 6.32. The average molecular weight is 387 g/mol. The number of carbonyl (C=O) groups excluding carboxylic acids is 3. The van der Waals surface area contributed by atoms with Gasteiger partial charge in [-0.2, -0.15) is 0 Å². The van der Waals surface area contributed by atoms with Gasteiger partial charge in [-0.1, -0.05) is 45.0 Å². The molecule has 1 heterocycles. The second kappa shape index (κ2) is 8.17. The lowest BCUT2D eigenvalue weighted by molar-refractivity contribution is -0.153.